The van der Waals surface area contributed by atoms with Gasteiger partial charge in [-0.2, -0.15) is 0 Å². The number of para-hydroxylation sites is 1. The smallest absolute Gasteiger partial charge is 0.417 e. The minimum atomic E-state index is -0.672. The Morgan fingerprint density at radius 2 is 1.90 bits per heavy atom. The number of ether oxygens (including phenoxy) is 2. The van der Waals surface area contributed by atoms with Crippen molar-refractivity contribution < 1.29 is 19.1 Å². The van der Waals surface area contributed by atoms with Crippen LogP contribution in [0.25, 0.3) is 0 Å². The normalized spacial score (nSPS) is 15.1. The number of hydrogen-bond donors (Lipinski definition) is 1. The molecule has 0 saturated carbocycles. The highest BCUT2D eigenvalue weighted by Gasteiger charge is 2.27. The van der Waals surface area contributed by atoms with Gasteiger partial charge in [-0.1, -0.05) is 18.2 Å². The monoisotopic (exact) mass is 425 g/mol. The molecule has 1 unspecified atom stereocenters. The largest absolute Gasteiger partial charge is 0.488 e. The number of amides is 2. The molecule has 2 aromatic rings. The minimum absolute atomic E-state index is 0.143. The molecule has 0 aliphatic carbocycles. The van der Waals surface area contributed by atoms with Crippen molar-refractivity contribution in [3.8, 4) is 5.75 Å². The van der Waals surface area contributed by atoms with Gasteiger partial charge < -0.3 is 14.8 Å². The molecule has 1 aromatic heterocycles. The summed E-state index contributed by atoms with van der Waals surface area (Å²) in [7, 11) is 0. The SMILES string of the molecule is CC(C)(C)OC(=O)N(CCCCNCC1Cc2ccccc2O1)C(=O)c1ccncc1. The van der Waals surface area contributed by atoms with Gasteiger partial charge in [-0.3, -0.25) is 9.78 Å². The van der Waals surface area contributed by atoms with Crippen LogP contribution < -0.4 is 10.1 Å². The van der Waals surface area contributed by atoms with Crippen LogP contribution in [0, 0.1) is 0 Å². The average Bonchev–Trinajstić information content (AvgIpc) is 3.15. The summed E-state index contributed by atoms with van der Waals surface area (Å²) >= 11 is 0. The number of rotatable bonds is 8. The molecule has 7 nitrogen and oxygen atoms in total. The molecule has 0 radical (unpaired) electrons. The van der Waals surface area contributed by atoms with E-state index in [1.54, 1.807) is 32.9 Å². The van der Waals surface area contributed by atoms with Crippen LogP contribution in [0.4, 0.5) is 4.79 Å². The van der Waals surface area contributed by atoms with E-state index in [0.29, 0.717) is 18.5 Å². The zero-order valence-corrected chi connectivity index (χ0v) is 18.5. The Kier molecular flexibility index (Phi) is 7.63. The van der Waals surface area contributed by atoms with Crippen LogP contribution in [-0.4, -0.2) is 53.2 Å². The fourth-order valence-corrected chi connectivity index (χ4v) is 3.39. The standard InChI is InChI=1S/C24H31N3O4/c1-24(2,3)31-23(29)27(22(28)18-10-13-25-14-11-18)15-7-6-12-26-17-20-16-19-8-4-5-9-21(19)30-20/h4-5,8-11,13-14,20,26H,6-7,12,15-17H2,1-3H3. The number of nitrogens with zero attached hydrogens (tertiary/aromatic N) is 2. The Balaban J connectivity index is 1.44. The molecule has 1 aliphatic rings. The van der Waals surface area contributed by atoms with Gasteiger partial charge in [0.1, 0.15) is 17.5 Å². The number of fused-ring (bicyclic) bond motifs is 1. The first-order valence-corrected chi connectivity index (χ1v) is 10.7. The highest BCUT2D eigenvalue weighted by molar-refractivity contribution is 6.02. The van der Waals surface area contributed by atoms with Crippen LogP contribution in [0.15, 0.2) is 48.8 Å². The third-order valence-electron chi connectivity index (χ3n) is 4.86. The van der Waals surface area contributed by atoms with Crippen LogP contribution in [0.5, 0.6) is 5.75 Å². The van der Waals surface area contributed by atoms with Crippen molar-refractivity contribution >= 4 is 12.0 Å². The molecule has 0 fully saturated rings. The molecule has 1 aromatic carbocycles. The Hall–Kier alpha value is -2.93. The molecule has 1 atom stereocenters. The second kappa shape index (κ2) is 10.4. The first-order valence-electron chi connectivity index (χ1n) is 10.7. The van der Waals surface area contributed by atoms with Crippen LogP contribution in [0.2, 0.25) is 0 Å². The first-order chi connectivity index (χ1) is 14.8. The maximum absolute atomic E-state index is 12.8. The minimum Gasteiger partial charge on any atom is -0.488 e. The van der Waals surface area contributed by atoms with Gasteiger partial charge in [-0.25, -0.2) is 9.69 Å². The Labute approximate surface area is 183 Å². The number of pyridine rings is 1. The second-order valence-electron chi connectivity index (χ2n) is 8.64. The Bertz CT molecular complexity index is 855. The summed E-state index contributed by atoms with van der Waals surface area (Å²) in [5.74, 6) is 0.596. The van der Waals surface area contributed by atoms with E-state index in [4.69, 9.17) is 9.47 Å². The molecule has 1 N–H and O–H groups in total. The molecule has 166 valence electrons. The fourth-order valence-electron chi connectivity index (χ4n) is 3.39. The van der Waals surface area contributed by atoms with Gasteiger partial charge in [0.2, 0.25) is 0 Å². The summed E-state index contributed by atoms with van der Waals surface area (Å²) in [5.41, 5.74) is 0.989. The highest BCUT2D eigenvalue weighted by Crippen LogP contribution is 2.27. The van der Waals surface area contributed by atoms with E-state index in [9.17, 15) is 9.59 Å². The quantitative estimate of drug-likeness (QED) is 0.648. The van der Waals surface area contributed by atoms with Crippen molar-refractivity contribution in [2.45, 2.75) is 51.7 Å². The lowest BCUT2D eigenvalue weighted by atomic mass is 10.1. The van der Waals surface area contributed by atoms with Crippen molar-refractivity contribution in [1.82, 2.24) is 15.2 Å². The number of nitrogens with one attached hydrogen (secondary N) is 1. The predicted octanol–water partition coefficient (Wildman–Crippen LogP) is 3.83. The van der Waals surface area contributed by atoms with E-state index in [0.717, 1.165) is 31.7 Å². The van der Waals surface area contributed by atoms with Crippen molar-refractivity contribution in [3.63, 3.8) is 0 Å². The van der Waals surface area contributed by atoms with E-state index in [2.05, 4.69) is 16.4 Å². The topological polar surface area (TPSA) is 80.8 Å². The molecular formula is C24H31N3O4. The number of carbonyl (C=O) groups is 2. The van der Waals surface area contributed by atoms with Crippen molar-refractivity contribution in [2.24, 2.45) is 0 Å². The summed E-state index contributed by atoms with van der Waals surface area (Å²) < 4.78 is 11.4. The molecule has 2 heterocycles. The van der Waals surface area contributed by atoms with Crippen LogP contribution in [0.1, 0.15) is 49.5 Å². The summed E-state index contributed by atoms with van der Waals surface area (Å²) in [6.45, 7) is 7.19. The van der Waals surface area contributed by atoms with Gasteiger partial charge in [0.25, 0.3) is 5.91 Å². The fraction of sp³-hybridized carbons (Fsp3) is 0.458. The molecular weight excluding hydrogens is 394 g/mol. The van der Waals surface area contributed by atoms with Gasteiger partial charge in [0.05, 0.1) is 0 Å². The molecule has 0 spiro atoms. The van der Waals surface area contributed by atoms with E-state index in [-0.39, 0.29) is 12.0 Å². The molecule has 0 saturated heterocycles. The van der Waals surface area contributed by atoms with Crippen molar-refractivity contribution in [2.75, 3.05) is 19.6 Å². The van der Waals surface area contributed by atoms with E-state index in [1.165, 1.54) is 22.9 Å². The zero-order valence-electron chi connectivity index (χ0n) is 18.5. The third-order valence-corrected chi connectivity index (χ3v) is 4.86. The Morgan fingerprint density at radius 1 is 1.16 bits per heavy atom. The van der Waals surface area contributed by atoms with Gasteiger partial charge in [-0.15, -0.1) is 0 Å². The van der Waals surface area contributed by atoms with Crippen LogP contribution in [0.3, 0.4) is 0 Å². The summed E-state index contributed by atoms with van der Waals surface area (Å²) in [6.07, 6.45) is 5.00. The number of benzene rings is 1. The lowest BCUT2D eigenvalue weighted by molar-refractivity contribution is 0.0238. The van der Waals surface area contributed by atoms with Gasteiger partial charge in [0.15, 0.2) is 0 Å². The summed E-state index contributed by atoms with van der Waals surface area (Å²) in [4.78, 5) is 30.6. The van der Waals surface area contributed by atoms with Crippen molar-refractivity contribution in [3.05, 3.63) is 59.9 Å². The van der Waals surface area contributed by atoms with Crippen LogP contribution >= 0.6 is 0 Å². The number of carbonyl (C=O) groups excluding carboxylic acids is 2. The van der Waals surface area contributed by atoms with E-state index >= 15 is 0 Å². The van der Waals surface area contributed by atoms with E-state index < -0.39 is 11.7 Å². The van der Waals surface area contributed by atoms with Gasteiger partial charge >= 0.3 is 6.09 Å². The average molecular weight is 426 g/mol. The molecule has 0 bridgehead atoms. The van der Waals surface area contributed by atoms with Gasteiger partial charge in [-0.05, 0) is 63.9 Å². The molecule has 31 heavy (non-hydrogen) atoms. The summed E-state index contributed by atoms with van der Waals surface area (Å²) in [6, 6.07) is 11.3. The molecule has 3 rings (SSSR count). The third kappa shape index (κ3) is 6.79. The van der Waals surface area contributed by atoms with Crippen molar-refractivity contribution in [1.29, 1.82) is 0 Å². The zero-order chi connectivity index (χ0) is 22.3. The first kappa shape index (κ1) is 22.7. The predicted molar refractivity (Wildman–Crippen MR) is 118 cm³/mol. The number of unbranched alkanes of at least 4 members (excludes halogenated alkanes) is 1. The maximum Gasteiger partial charge on any atom is 0.417 e. The number of imide groups is 1. The lowest BCUT2D eigenvalue weighted by Gasteiger charge is -2.26. The number of hydrogen-bond acceptors (Lipinski definition) is 6. The van der Waals surface area contributed by atoms with E-state index in [1.807, 2.05) is 18.2 Å². The Morgan fingerprint density at radius 3 is 2.61 bits per heavy atom. The molecule has 2 amide bonds. The van der Waals surface area contributed by atoms with Gasteiger partial charge in [0, 0.05) is 37.5 Å². The maximum atomic E-state index is 12.8. The number of aromatic nitrogens is 1. The lowest BCUT2D eigenvalue weighted by Crippen LogP contribution is -2.41. The van der Waals surface area contributed by atoms with Crippen LogP contribution in [-0.2, 0) is 11.2 Å². The molecule has 7 heteroatoms. The highest BCUT2D eigenvalue weighted by atomic mass is 16.6. The molecule has 1 aliphatic heterocycles. The second-order valence-corrected chi connectivity index (χ2v) is 8.64. The summed E-state index contributed by atoms with van der Waals surface area (Å²) in [5, 5.41) is 3.41.